The number of alkyl halides is 1. The zero-order valence-corrected chi connectivity index (χ0v) is 13.7. The first-order valence-electron chi connectivity index (χ1n) is 6.52. The molecule has 1 amide bonds. The van der Waals surface area contributed by atoms with Gasteiger partial charge in [-0.2, -0.15) is 0 Å². The highest BCUT2D eigenvalue weighted by molar-refractivity contribution is 14.1. The van der Waals surface area contributed by atoms with Crippen LogP contribution in [0.15, 0.2) is 12.4 Å². The lowest BCUT2D eigenvalue weighted by atomic mass is 10.0. The zero-order chi connectivity index (χ0) is 14.1. The molecule has 6 heteroatoms. The molecule has 1 unspecified atom stereocenters. The molecule has 1 aliphatic heterocycles. The number of aromatic nitrogens is 2. The van der Waals surface area contributed by atoms with E-state index >= 15 is 0 Å². The molecule has 0 radical (unpaired) electrons. The van der Waals surface area contributed by atoms with Gasteiger partial charge >= 0.3 is 6.09 Å². The molecular weight excluding hydrogens is 357 g/mol. The van der Waals surface area contributed by atoms with E-state index in [0.717, 1.165) is 25.1 Å². The van der Waals surface area contributed by atoms with Crippen LogP contribution in [0.3, 0.4) is 0 Å². The van der Waals surface area contributed by atoms with Crippen molar-refractivity contribution in [1.82, 2.24) is 14.9 Å². The monoisotopic (exact) mass is 377 g/mol. The molecule has 0 aliphatic carbocycles. The largest absolute Gasteiger partial charge is 0.444 e. The van der Waals surface area contributed by atoms with Gasteiger partial charge in [0.05, 0.1) is 0 Å². The smallest absolute Gasteiger partial charge is 0.411 e. The Morgan fingerprint density at radius 3 is 2.84 bits per heavy atom. The normalized spacial score (nSPS) is 24.3. The Hall–Kier alpha value is -0.790. The summed E-state index contributed by atoms with van der Waals surface area (Å²) in [6.07, 6.45) is 6.22. The van der Waals surface area contributed by atoms with Crippen LogP contribution in [0.1, 0.15) is 45.9 Å². The summed E-state index contributed by atoms with van der Waals surface area (Å²) in [5.74, 6) is 0.818. The molecule has 0 aromatic carbocycles. The fourth-order valence-electron chi connectivity index (χ4n) is 2.22. The molecule has 1 aromatic rings. The van der Waals surface area contributed by atoms with Crippen molar-refractivity contribution in [1.29, 1.82) is 0 Å². The molecule has 1 fully saturated rings. The molecule has 0 saturated carbocycles. The molecule has 1 aliphatic rings. The fourth-order valence-corrected chi connectivity index (χ4v) is 3.33. The summed E-state index contributed by atoms with van der Waals surface area (Å²) < 4.78 is 5.08. The van der Waals surface area contributed by atoms with Crippen molar-refractivity contribution >= 4 is 28.7 Å². The minimum absolute atomic E-state index is 0.266. The Labute approximate surface area is 127 Å². The number of likely N-dealkylation sites (tertiary alicyclic amines) is 1. The van der Waals surface area contributed by atoms with Crippen LogP contribution in [0.2, 0.25) is 0 Å². The third-order valence-electron chi connectivity index (χ3n) is 3.04. The molecule has 1 N–H and O–H groups in total. The van der Waals surface area contributed by atoms with E-state index in [1.165, 1.54) is 0 Å². The van der Waals surface area contributed by atoms with Crippen molar-refractivity contribution in [2.24, 2.45) is 0 Å². The van der Waals surface area contributed by atoms with E-state index < -0.39 is 9.15 Å². The number of carbonyl (C=O) groups is 1. The molecule has 5 nitrogen and oxygen atoms in total. The summed E-state index contributed by atoms with van der Waals surface area (Å²) in [5.41, 5.74) is -0.477. The van der Waals surface area contributed by atoms with Crippen molar-refractivity contribution < 1.29 is 9.53 Å². The Morgan fingerprint density at radius 1 is 1.53 bits per heavy atom. The first-order valence-corrected chi connectivity index (χ1v) is 7.60. The van der Waals surface area contributed by atoms with Crippen molar-refractivity contribution in [2.75, 3.05) is 6.54 Å². The van der Waals surface area contributed by atoms with Crippen LogP contribution in [-0.4, -0.2) is 33.1 Å². The SMILES string of the molecule is CC(C)(C)OC(=O)N1CCCCC1(I)c1ncc[nH]1. The predicted molar refractivity (Wildman–Crippen MR) is 81.1 cm³/mol. The summed E-state index contributed by atoms with van der Waals surface area (Å²) in [7, 11) is 0. The van der Waals surface area contributed by atoms with Crippen molar-refractivity contribution in [2.45, 2.75) is 49.2 Å². The molecule has 2 heterocycles. The molecular formula is C13H20IN3O2. The number of hydrogen-bond acceptors (Lipinski definition) is 3. The van der Waals surface area contributed by atoms with E-state index in [9.17, 15) is 4.79 Å². The highest BCUT2D eigenvalue weighted by atomic mass is 127. The molecule has 1 atom stereocenters. The molecule has 0 spiro atoms. The lowest BCUT2D eigenvalue weighted by Gasteiger charge is -2.42. The van der Waals surface area contributed by atoms with E-state index in [2.05, 4.69) is 32.6 Å². The van der Waals surface area contributed by atoms with Gasteiger partial charge in [0.25, 0.3) is 0 Å². The van der Waals surface area contributed by atoms with E-state index in [4.69, 9.17) is 4.74 Å². The van der Waals surface area contributed by atoms with Crippen LogP contribution < -0.4 is 0 Å². The lowest BCUT2D eigenvalue weighted by molar-refractivity contribution is 0.00545. The van der Waals surface area contributed by atoms with Gasteiger partial charge in [0.1, 0.15) is 11.4 Å². The van der Waals surface area contributed by atoms with Crippen molar-refractivity contribution in [3.05, 3.63) is 18.2 Å². The van der Waals surface area contributed by atoms with E-state index in [1.54, 1.807) is 17.3 Å². The van der Waals surface area contributed by atoms with E-state index in [0.29, 0.717) is 6.54 Å². The molecule has 106 valence electrons. The number of halogens is 1. The van der Waals surface area contributed by atoms with Crippen molar-refractivity contribution in [3.8, 4) is 0 Å². The van der Waals surface area contributed by atoms with Gasteiger partial charge < -0.3 is 9.72 Å². The van der Waals surface area contributed by atoms with Gasteiger partial charge in [-0.25, -0.2) is 9.78 Å². The van der Waals surface area contributed by atoms with Crippen LogP contribution in [0.5, 0.6) is 0 Å². The number of carbonyl (C=O) groups excluding carboxylic acids is 1. The summed E-state index contributed by atoms with van der Waals surface area (Å²) in [6.45, 7) is 6.36. The Balaban J connectivity index is 2.23. The fraction of sp³-hybridized carbons (Fsp3) is 0.692. The Kier molecular flexibility index (Phi) is 4.08. The third-order valence-corrected chi connectivity index (χ3v) is 4.68. The lowest BCUT2D eigenvalue weighted by Crippen LogP contribution is -2.50. The van der Waals surface area contributed by atoms with Gasteiger partial charge in [-0.15, -0.1) is 0 Å². The zero-order valence-electron chi connectivity index (χ0n) is 11.6. The van der Waals surface area contributed by atoms with Gasteiger partial charge in [-0.3, -0.25) is 4.90 Å². The molecule has 19 heavy (non-hydrogen) atoms. The molecule has 2 rings (SSSR count). The molecule has 0 bridgehead atoms. The summed E-state index contributed by atoms with van der Waals surface area (Å²) in [5, 5.41) is 0. The van der Waals surface area contributed by atoms with Gasteiger partial charge in [0.2, 0.25) is 0 Å². The van der Waals surface area contributed by atoms with Gasteiger partial charge in [-0.1, -0.05) is 0 Å². The quantitative estimate of drug-likeness (QED) is 0.464. The number of rotatable bonds is 1. The third kappa shape index (κ3) is 3.21. The summed E-state index contributed by atoms with van der Waals surface area (Å²) >= 11 is 2.31. The standard InChI is InChI=1S/C13H20IN3O2/c1-12(2,3)19-11(18)17-9-5-4-6-13(17,14)10-15-7-8-16-10/h7-8H,4-6,9H2,1-3H3,(H,15,16). The number of H-pyrrole nitrogens is 1. The van der Waals surface area contributed by atoms with Crippen LogP contribution in [0, 0.1) is 0 Å². The van der Waals surface area contributed by atoms with Gasteiger partial charge in [0, 0.05) is 18.9 Å². The first-order chi connectivity index (χ1) is 8.83. The second-order valence-corrected chi connectivity index (χ2v) is 7.57. The summed E-state index contributed by atoms with van der Waals surface area (Å²) in [6, 6.07) is 0. The highest BCUT2D eigenvalue weighted by Gasteiger charge is 2.44. The second kappa shape index (κ2) is 5.30. The number of amides is 1. The number of nitrogens with one attached hydrogen (secondary N) is 1. The number of imidazole rings is 1. The van der Waals surface area contributed by atoms with Gasteiger partial charge in [-0.05, 0) is 62.6 Å². The maximum Gasteiger partial charge on any atom is 0.411 e. The summed E-state index contributed by atoms with van der Waals surface area (Å²) in [4.78, 5) is 21.6. The van der Waals surface area contributed by atoms with Gasteiger partial charge in [0.15, 0.2) is 3.55 Å². The van der Waals surface area contributed by atoms with Crippen LogP contribution >= 0.6 is 22.6 Å². The van der Waals surface area contributed by atoms with E-state index in [-0.39, 0.29) is 6.09 Å². The number of hydrogen-bond donors (Lipinski definition) is 1. The molecule has 1 aromatic heterocycles. The average molecular weight is 377 g/mol. The van der Waals surface area contributed by atoms with Crippen LogP contribution in [0.25, 0.3) is 0 Å². The minimum Gasteiger partial charge on any atom is -0.444 e. The van der Waals surface area contributed by atoms with Crippen LogP contribution in [0.4, 0.5) is 4.79 Å². The number of ether oxygens (including phenoxy) is 1. The topological polar surface area (TPSA) is 58.2 Å². The van der Waals surface area contributed by atoms with Crippen LogP contribution in [-0.2, 0) is 8.28 Å². The maximum absolute atomic E-state index is 12.4. The Bertz CT molecular complexity index is 441. The van der Waals surface area contributed by atoms with Crippen molar-refractivity contribution in [3.63, 3.8) is 0 Å². The maximum atomic E-state index is 12.4. The minimum atomic E-state index is -0.477. The first kappa shape index (κ1) is 14.6. The predicted octanol–water partition coefficient (Wildman–Crippen LogP) is 3.42. The number of aromatic amines is 1. The second-order valence-electron chi connectivity index (χ2n) is 5.79. The highest BCUT2D eigenvalue weighted by Crippen LogP contribution is 2.42. The van der Waals surface area contributed by atoms with E-state index in [1.807, 2.05) is 20.8 Å². The average Bonchev–Trinajstić information content (AvgIpc) is 2.80. The number of piperidine rings is 1. The molecule has 1 saturated heterocycles. The Morgan fingerprint density at radius 2 is 2.26 bits per heavy atom. The number of nitrogens with zero attached hydrogens (tertiary/aromatic N) is 2.